The lowest BCUT2D eigenvalue weighted by atomic mass is 9.92. The summed E-state index contributed by atoms with van der Waals surface area (Å²) in [5.74, 6) is 1.16. The van der Waals surface area contributed by atoms with Crippen LogP contribution in [-0.2, 0) is 9.53 Å². The number of ether oxygens (including phenoxy) is 1. The quantitative estimate of drug-likeness (QED) is 0.700. The molecule has 2 fully saturated rings. The van der Waals surface area contributed by atoms with E-state index in [-0.39, 0.29) is 42.7 Å². The largest absolute Gasteiger partial charge is 0.381 e. The van der Waals surface area contributed by atoms with Crippen LogP contribution in [0.1, 0.15) is 39.0 Å². The lowest BCUT2D eigenvalue weighted by molar-refractivity contribution is -0.124. The predicted octanol–water partition coefficient (Wildman–Crippen LogP) is 1.82. The number of amides is 1. The first-order valence-corrected chi connectivity index (χ1v) is 8.50. The second-order valence-corrected chi connectivity index (χ2v) is 6.64. The van der Waals surface area contributed by atoms with Gasteiger partial charge in [-0.15, -0.1) is 24.8 Å². The highest BCUT2D eigenvalue weighted by Crippen LogP contribution is 2.18. The zero-order valence-electron chi connectivity index (χ0n) is 14.2. The zero-order valence-corrected chi connectivity index (χ0v) is 15.8. The van der Waals surface area contributed by atoms with Gasteiger partial charge in [-0.2, -0.15) is 0 Å². The summed E-state index contributed by atoms with van der Waals surface area (Å²) < 4.78 is 5.31. The van der Waals surface area contributed by atoms with Crippen molar-refractivity contribution in [2.24, 2.45) is 17.6 Å². The van der Waals surface area contributed by atoms with E-state index in [4.69, 9.17) is 10.5 Å². The van der Waals surface area contributed by atoms with Crippen LogP contribution in [0.25, 0.3) is 0 Å². The summed E-state index contributed by atoms with van der Waals surface area (Å²) in [6.45, 7) is 8.03. The fourth-order valence-electron chi connectivity index (χ4n) is 3.21. The molecule has 2 aliphatic heterocycles. The Bertz CT molecular complexity index is 320. The Kier molecular flexibility index (Phi) is 12.3. The Morgan fingerprint density at radius 2 is 1.83 bits per heavy atom. The molecule has 138 valence electrons. The normalized spacial score (nSPS) is 21.8. The Hall–Kier alpha value is -0.0700. The third kappa shape index (κ3) is 8.03. The van der Waals surface area contributed by atoms with Crippen molar-refractivity contribution in [1.29, 1.82) is 0 Å². The molecule has 0 aromatic carbocycles. The smallest absolute Gasteiger partial charge is 0.237 e. The van der Waals surface area contributed by atoms with Crippen LogP contribution in [-0.4, -0.2) is 56.2 Å². The van der Waals surface area contributed by atoms with Crippen LogP contribution in [0.3, 0.4) is 0 Å². The van der Waals surface area contributed by atoms with Crippen LogP contribution in [0, 0.1) is 11.8 Å². The maximum atomic E-state index is 12.0. The molecule has 2 aliphatic rings. The number of hydrogen-bond donors (Lipinski definition) is 2. The van der Waals surface area contributed by atoms with Crippen molar-refractivity contribution < 1.29 is 9.53 Å². The molecule has 2 saturated heterocycles. The van der Waals surface area contributed by atoms with E-state index >= 15 is 0 Å². The summed E-state index contributed by atoms with van der Waals surface area (Å²) in [6, 6.07) is -0.371. The van der Waals surface area contributed by atoms with Crippen molar-refractivity contribution in [3.63, 3.8) is 0 Å². The van der Waals surface area contributed by atoms with Gasteiger partial charge in [0.15, 0.2) is 0 Å². The van der Waals surface area contributed by atoms with Crippen molar-refractivity contribution in [1.82, 2.24) is 10.2 Å². The fourth-order valence-corrected chi connectivity index (χ4v) is 3.21. The molecule has 1 amide bonds. The molecular formula is C16H33Cl2N3O2. The molecule has 7 heteroatoms. The summed E-state index contributed by atoms with van der Waals surface area (Å²) in [7, 11) is 0. The molecule has 1 atom stereocenters. The van der Waals surface area contributed by atoms with Gasteiger partial charge < -0.3 is 20.7 Å². The van der Waals surface area contributed by atoms with Crippen molar-refractivity contribution in [2.45, 2.75) is 45.1 Å². The van der Waals surface area contributed by atoms with Crippen molar-refractivity contribution in [2.75, 3.05) is 39.4 Å². The van der Waals surface area contributed by atoms with E-state index in [0.29, 0.717) is 0 Å². The predicted molar refractivity (Wildman–Crippen MR) is 98.5 cm³/mol. The Labute approximate surface area is 152 Å². The first kappa shape index (κ1) is 22.9. The number of nitrogens with one attached hydrogen (secondary N) is 1. The molecule has 2 rings (SSSR count). The van der Waals surface area contributed by atoms with E-state index in [9.17, 15) is 4.79 Å². The Morgan fingerprint density at radius 3 is 2.43 bits per heavy atom. The van der Waals surface area contributed by atoms with Gasteiger partial charge in [-0.1, -0.05) is 6.92 Å². The topological polar surface area (TPSA) is 67.6 Å². The molecule has 0 spiro atoms. The van der Waals surface area contributed by atoms with Crippen LogP contribution < -0.4 is 11.1 Å². The molecule has 0 radical (unpaired) electrons. The van der Waals surface area contributed by atoms with Gasteiger partial charge in [-0.05, 0) is 63.6 Å². The number of carbonyl (C=O) groups excluding carboxylic acids is 1. The number of hydrogen-bond acceptors (Lipinski definition) is 4. The summed E-state index contributed by atoms with van der Waals surface area (Å²) in [6.07, 6.45) is 5.43. The van der Waals surface area contributed by atoms with Crippen LogP contribution in [0.5, 0.6) is 0 Å². The molecule has 0 saturated carbocycles. The molecule has 0 aromatic rings. The molecule has 23 heavy (non-hydrogen) atoms. The van der Waals surface area contributed by atoms with E-state index in [1.54, 1.807) is 0 Å². The van der Waals surface area contributed by atoms with Crippen molar-refractivity contribution in [3.8, 4) is 0 Å². The van der Waals surface area contributed by atoms with Gasteiger partial charge >= 0.3 is 0 Å². The molecule has 5 nitrogen and oxygen atoms in total. The summed E-state index contributed by atoms with van der Waals surface area (Å²) in [5.41, 5.74) is 6.05. The lowest BCUT2D eigenvalue weighted by Crippen LogP contribution is -2.47. The van der Waals surface area contributed by atoms with Crippen molar-refractivity contribution >= 4 is 30.7 Å². The standard InChI is InChI=1S/C16H31N3O2.2ClH/c1-13-3-9-19(10-4-13)8-2-7-18-16(20)15(17)14-5-11-21-12-6-14;;/h13-15H,2-12,17H2,1H3,(H,18,20);2*1H. The van der Waals surface area contributed by atoms with Gasteiger partial charge in [-0.25, -0.2) is 0 Å². The third-order valence-electron chi connectivity index (χ3n) is 4.90. The first-order valence-electron chi connectivity index (χ1n) is 8.50. The number of likely N-dealkylation sites (tertiary alicyclic amines) is 1. The van der Waals surface area contributed by atoms with Crippen LogP contribution in [0.15, 0.2) is 0 Å². The highest BCUT2D eigenvalue weighted by molar-refractivity contribution is 5.85. The maximum absolute atomic E-state index is 12.0. The number of halogens is 2. The number of piperidine rings is 1. The monoisotopic (exact) mass is 369 g/mol. The maximum Gasteiger partial charge on any atom is 0.237 e. The Morgan fingerprint density at radius 1 is 1.22 bits per heavy atom. The van der Waals surface area contributed by atoms with E-state index in [0.717, 1.165) is 51.5 Å². The van der Waals surface area contributed by atoms with Crippen LogP contribution in [0.2, 0.25) is 0 Å². The molecule has 1 unspecified atom stereocenters. The van der Waals surface area contributed by atoms with Crippen molar-refractivity contribution in [3.05, 3.63) is 0 Å². The average Bonchev–Trinajstić information content (AvgIpc) is 2.53. The summed E-state index contributed by atoms with van der Waals surface area (Å²) in [5, 5.41) is 3.00. The summed E-state index contributed by atoms with van der Waals surface area (Å²) in [4.78, 5) is 14.6. The number of rotatable bonds is 6. The van der Waals surface area contributed by atoms with Gasteiger partial charge in [0.05, 0.1) is 6.04 Å². The highest BCUT2D eigenvalue weighted by Gasteiger charge is 2.26. The molecular weight excluding hydrogens is 337 g/mol. The SMILES string of the molecule is CC1CCN(CCCNC(=O)C(N)C2CCOCC2)CC1.Cl.Cl. The zero-order chi connectivity index (χ0) is 15.1. The fraction of sp³-hybridized carbons (Fsp3) is 0.938. The second-order valence-electron chi connectivity index (χ2n) is 6.64. The highest BCUT2D eigenvalue weighted by atomic mass is 35.5. The second kappa shape index (κ2) is 12.3. The minimum atomic E-state index is -0.371. The lowest BCUT2D eigenvalue weighted by Gasteiger charge is -2.30. The van der Waals surface area contributed by atoms with Gasteiger partial charge in [0.25, 0.3) is 0 Å². The van der Waals surface area contributed by atoms with E-state index in [2.05, 4.69) is 17.1 Å². The number of nitrogens with zero attached hydrogens (tertiary/aromatic N) is 1. The molecule has 2 heterocycles. The Balaban J connectivity index is 0.00000242. The van der Waals surface area contributed by atoms with E-state index in [1.165, 1.54) is 25.9 Å². The third-order valence-corrected chi connectivity index (χ3v) is 4.90. The molecule has 0 bridgehead atoms. The first-order chi connectivity index (χ1) is 10.2. The average molecular weight is 370 g/mol. The van der Waals surface area contributed by atoms with Crippen LogP contribution in [0.4, 0.5) is 0 Å². The van der Waals surface area contributed by atoms with E-state index < -0.39 is 0 Å². The summed E-state index contributed by atoms with van der Waals surface area (Å²) >= 11 is 0. The molecule has 3 N–H and O–H groups in total. The van der Waals surface area contributed by atoms with E-state index in [1.807, 2.05) is 0 Å². The van der Waals surface area contributed by atoms with Gasteiger partial charge in [-0.3, -0.25) is 4.79 Å². The van der Waals surface area contributed by atoms with Gasteiger partial charge in [0, 0.05) is 19.8 Å². The molecule has 0 aliphatic carbocycles. The number of nitrogens with two attached hydrogens (primary N) is 1. The molecule has 0 aromatic heterocycles. The minimum absolute atomic E-state index is 0. The minimum Gasteiger partial charge on any atom is -0.381 e. The van der Waals surface area contributed by atoms with Gasteiger partial charge in [0.1, 0.15) is 0 Å². The van der Waals surface area contributed by atoms with Crippen LogP contribution >= 0.6 is 24.8 Å². The van der Waals surface area contributed by atoms with Gasteiger partial charge in [0.2, 0.25) is 5.91 Å². The number of carbonyl (C=O) groups is 1.